The highest BCUT2D eigenvalue weighted by Gasteiger charge is 2.01. The first-order valence-electron chi connectivity index (χ1n) is 2.87. The van der Waals surface area contributed by atoms with Gasteiger partial charge in [0.05, 0.1) is 0 Å². The number of hydrogen-bond acceptors (Lipinski definition) is 3. The molecule has 1 heterocycles. The topological polar surface area (TPSA) is 90.2 Å². The lowest BCUT2D eigenvalue weighted by Gasteiger charge is -1.93. The molecule has 0 saturated heterocycles. The number of nitrogens with two attached hydrogens (primary N) is 2. The van der Waals surface area contributed by atoms with E-state index in [4.69, 9.17) is 11.5 Å². The van der Waals surface area contributed by atoms with E-state index >= 15 is 0 Å². The maximum Gasteiger partial charge on any atom is 0.257 e. The van der Waals surface area contributed by atoms with Crippen LogP contribution in [0.1, 0.15) is 0 Å². The minimum absolute atomic E-state index is 0.361. The quantitative estimate of drug-likeness (QED) is 0.345. The summed E-state index contributed by atoms with van der Waals surface area (Å²) in [5.41, 5.74) is 9.85. The van der Waals surface area contributed by atoms with Gasteiger partial charge in [-0.2, -0.15) is 23.7 Å². The van der Waals surface area contributed by atoms with Crippen LogP contribution < -0.4 is 11.5 Å². The number of nitrogens with zero attached hydrogens (tertiary/aromatic N) is 3. The van der Waals surface area contributed by atoms with Gasteiger partial charge in [-0.05, 0) is 0 Å². The minimum Gasteiger partial charge on any atom is -0.370 e. The lowest BCUT2D eigenvalue weighted by molar-refractivity contribution is 0.527. The van der Waals surface area contributed by atoms with E-state index in [0.717, 1.165) is 0 Å². The van der Waals surface area contributed by atoms with Crippen LogP contribution in [0, 0.1) is 11.9 Å². The van der Waals surface area contributed by atoms with Crippen LogP contribution in [0.25, 0.3) is 0 Å². The van der Waals surface area contributed by atoms with Crippen molar-refractivity contribution in [3.05, 3.63) is 18.0 Å². The first-order valence-corrected chi connectivity index (χ1v) is 2.87. The van der Waals surface area contributed by atoms with Crippen molar-refractivity contribution in [2.24, 2.45) is 16.5 Å². The molecule has 0 aliphatic carbocycles. The van der Waals surface area contributed by atoms with E-state index in [0.29, 0.717) is 6.07 Å². The van der Waals surface area contributed by atoms with Gasteiger partial charge in [-0.25, -0.2) is 0 Å². The second kappa shape index (κ2) is 3.07. The standard InChI is InChI=1S/C5H5F2N5/c6-2-1-3(7)11-5(10-2)12-4(8)9/h1H,(H4,8,9,10,11,12). The highest BCUT2D eigenvalue weighted by atomic mass is 19.1. The average molecular weight is 173 g/mol. The van der Waals surface area contributed by atoms with Gasteiger partial charge in [0.2, 0.25) is 11.9 Å². The Morgan fingerprint density at radius 3 is 2.17 bits per heavy atom. The Morgan fingerprint density at radius 2 is 1.75 bits per heavy atom. The van der Waals surface area contributed by atoms with Crippen LogP contribution in [-0.2, 0) is 0 Å². The van der Waals surface area contributed by atoms with Crippen LogP contribution in [0.3, 0.4) is 0 Å². The molecule has 1 aromatic heterocycles. The first-order chi connectivity index (χ1) is 5.58. The fourth-order valence-corrected chi connectivity index (χ4v) is 0.544. The number of rotatable bonds is 1. The molecule has 0 saturated carbocycles. The summed E-state index contributed by atoms with van der Waals surface area (Å²) in [6.45, 7) is 0. The van der Waals surface area contributed by atoms with Gasteiger partial charge in [0.15, 0.2) is 5.96 Å². The zero-order valence-corrected chi connectivity index (χ0v) is 5.83. The molecule has 0 aromatic carbocycles. The van der Waals surface area contributed by atoms with Crippen LogP contribution >= 0.6 is 0 Å². The van der Waals surface area contributed by atoms with Gasteiger partial charge >= 0.3 is 0 Å². The summed E-state index contributed by atoms with van der Waals surface area (Å²) in [5, 5.41) is 0. The third-order valence-electron chi connectivity index (χ3n) is 0.881. The Kier molecular flexibility index (Phi) is 2.13. The molecular formula is C5H5F2N5. The SMILES string of the molecule is NC(N)=Nc1nc(F)cc(F)n1. The number of aliphatic imine (C=N–C) groups is 1. The zero-order chi connectivity index (χ0) is 9.14. The van der Waals surface area contributed by atoms with E-state index in [1.165, 1.54) is 0 Å². The Balaban J connectivity index is 3.09. The van der Waals surface area contributed by atoms with E-state index in [2.05, 4.69) is 15.0 Å². The Hall–Kier alpha value is -1.79. The molecule has 12 heavy (non-hydrogen) atoms. The summed E-state index contributed by atoms with van der Waals surface area (Å²) in [6, 6.07) is 0.520. The van der Waals surface area contributed by atoms with Gasteiger partial charge in [0, 0.05) is 6.07 Å². The molecule has 4 N–H and O–H groups in total. The Bertz CT molecular complexity index is 299. The average Bonchev–Trinajstić information content (AvgIpc) is 1.81. The maximum absolute atomic E-state index is 12.3. The van der Waals surface area contributed by atoms with Crippen molar-refractivity contribution in [2.75, 3.05) is 0 Å². The molecule has 0 unspecified atom stereocenters. The molecule has 0 spiro atoms. The molecule has 0 aliphatic heterocycles. The van der Waals surface area contributed by atoms with Gasteiger partial charge < -0.3 is 11.5 Å². The van der Waals surface area contributed by atoms with Crippen LogP contribution in [0.15, 0.2) is 11.1 Å². The van der Waals surface area contributed by atoms with Crippen molar-refractivity contribution in [2.45, 2.75) is 0 Å². The summed E-state index contributed by atoms with van der Waals surface area (Å²) in [5.74, 6) is -2.85. The van der Waals surface area contributed by atoms with Crippen LogP contribution in [0.4, 0.5) is 14.7 Å². The molecule has 0 atom stereocenters. The van der Waals surface area contributed by atoms with Crippen molar-refractivity contribution >= 4 is 11.9 Å². The van der Waals surface area contributed by atoms with Crippen LogP contribution in [-0.4, -0.2) is 15.9 Å². The molecule has 64 valence electrons. The second-order valence-corrected chi connectivity index (χ2v) is 1.85. The summed E-state index contributed by atoms with van der Waals surface area (Å²) in [7, 11) is 0. The van der Waals surface area contributed by atoms with Crippen molar-refractivity contribution in [1.82, 2.24) is 9.97 Å². The molecular weight excluding hydrogens is 168 g/mol. The summed E-state index contributed by atoms with van der Waals surface area (Å²) >= 11 is 0. The number of halogens is 2. The first kappa shape index (κ1) is 8.31. The largest absolute Gasteiger partial charge is 0.370 e. The molecule has 1 rings (SSSR count). The molecule has 1 aromatic rings. The molecule has 0 fully saturated rings. The van der Waals surface area contributed by atoms with E-state index < -0.39 is 17.8 Å². The number of aromatic nitrogens is 2. The van der Waals surface area contributed by atoms with E-state index in [1.807, 2.05) is 0 Å². The summed E-state index contributed by atoms with van der Waals surface area (Å²) in [4.78, 5) is 9.47. The number of guanidine groups is 1. The zero-order valence-electron chi connectivity index (χ0n) is 5.83. The van der Waals surface area contributed by atoms with Crippen molar-refractivity contribution < 1.29 is 8.78 Å². The van der Waals surface area contributed by atoms with Crippen molar-refractivity contribution in [3.8, 4) is 0 Å². The highest BCUT2D eigenvalue weighted by molar-refractivity contribution is 5.77. The molecule has 0 aliphatic rings. The fourth-order valence-electron chi connectivity index (χ4n) is 0.544. The Labute approximate surface area is 66.1 Å². The third-order valence-corrected chi connectivity index (χ3v) is 0.881. The fraction of sp³-hybridized carbons (Fsp3) is 0. The molecule has 7 heteroatoms. The van der Waals surface area contributed by atoms with Gasteiger partial charge in [-0.1, -0.05) is 0 Å². The predicted molar refractivity (Wildman–Crippen MR) is 37.4 cm³/mol. The van der Waals surface area contributed by atoms with E-state index in [1.54, 1.807) is 0 Å². The Morgan fingerprint density at radius 1 is 1.25 bits per heavy atom. The van der Waals surface area contributed by atoms with Gasteiger partial charge in [-0.15, -0.1) is 0 Å². The molecule has 0 bridgehead atoms. The highest BCUT2D eigenvalue weighted by Crippen LogP contribution is 2.05. The van der Waals surface area contributed by atoms with E-state index in [-0.39, 0.29) is 5.96 Å². The van der Waals surface area contributed by atoms with Gasteiger partial charge in [-0.3, -0.25) is 0 Å². The lowest BCUT2D eigenvalue weighted by Crippen LogP contribution is -2.22. The third kappa shape index (κ3) is 2.11. The van der Waals surface area contributed by atoms with E-state index in [9.17, 15) is 8.78 Å². The van der Waals surface area contributed by atoms with Gasteiger partial charge in [0.1, 0.15) is 0 Å². The van der Waals surface area contributed by atoms with Crippen LogP contribution in [0.5, 0.6) is 0 Å². The monoisotopic (exact) mass is 173 g/mol. The smallest absolute Gasteiger partial charge is 0.257 e. The lowest BCUT2D eigenvalue weighted by atomic mass is 10.6. The maximum atomic E-state index is 12.3. The minimum atomic E-state index is -1.03. The summed E-state index contributed by atoms with van der Waals surface area (Å²) < 4.78 is 24.7. The van der Waals surface area contributed by atoms with Crippen molar-refractivity contribution in [1.29, 1.82) is 0 Å². The summed E-state index contributed by atoms with van der Waals surface area (Å²) in [6.07, 6.45) is 0. The normalized spacial score (nSPS) is 9.50. The number of hydrogen-bond donors (Lipinski definition) is 2. The van der Waals surface area contributed by atoms with Crippen molar-refractivity contribution in [3.63, 3.8) is 0 Å². The predicted octanol–water partition coefficient (Wildman–Crippen LogP) is -0.340. The van der Waals surface area contributed by atoms with Gasteiger partial charge in [0.25, 0.3) is 5.95 Å². The molecule has 0 radical (unpaired) electrons. The molecule has 5 nitrogen and oxygen atoms in total. The molecule has 0 amide bonds. The van der Waals surface area contributed by atoms with Crippen LogP contribution in [0.2, 0.25) is 0 Å². The second-order valence-electron chi connectivity index (χ2n) is 1.85.